The summed E-state index contributed by atoms with van der Waals surface area (Å²) in [6.45, 7) is 7.42. The molecule has 0 spiro atoms. The van der Waals surface area contributed by atoms with E-state index in [2.05, 4.69) is 21.2 Å². The van der Waals surface area contributed by atoms with Crippen molar-refractivity contribution in [2.45, 2.75) is 39.8 Å². The Balaban J connectivity index is 2.51. The number of carbonyl (C=O) groups is 2. The Morgan fingerprint density at radius 2 is 1.95 bits per heavy atom. The molecule has 0 saturated carbocycles. The minimum absolute atomic E-state index is 0.0242. The molecule has 6 heteroatoms. The molecule has 1 aromatic rings. The van der Waals surface area contributed by atoms with Gasteiger partial charge in [-0.25, -0.2) is 0 Å². The third kappa shape index (κ3) is 2.94. The van der Waals surface area contributed by atoms with Crippen molar-refractivity contribution in [3.05, 3.63) is 27.2 Å². The number of rotatable bonds is 2. The van der Waals surface area contributed by atoms with Crippen molar-refractivity contribution in [1.29, 1.82) is 0 Å². The average molecular weight is 374 g/mol. The number of nitrogens with zero attached hydrogens (tertiary/aromatic N) is 1. The number of benzene rings is 1. The van der Waals surface area contributed by atoms with Crippen LogP contribution in [0.25, 0.3) is 0 Å². The van der Waals surface area contributed by atoms with Crippen molar-refractivity contribution in [3.8, 4) is 0 Å². The maximum Gasteiger partial charge on any atom is 0.250 e. The summed E-state index contributed by atoms with van der Waals surface area (Å²) in [5, 5.41) is 3.35. The molecule has 2 unspecified atom stereocenters. The third-order valence-corrected chi connectivity index (χ3v) is 4.76. The van der Waals surface area contributed by atoms with Gasteiger partial charge in [-0.1, -0.05) is 25.4 Å². The molecule has 0 aromatic heterocycles. The molecule has 1 aliphatic rings. The maximum absolute atomic E-state index is 12.7. The van der Waals surface area contributed by atoms with Crippen LogP contribution in [-0.4, -0.2) is 23.9 Å². The fraction of sp³-hybridized carbons (Fsp3) is 0.467. The van der Waals surface area contributed by atoms with Crippen molar-refractivity contribution in [3.63, 3.8) is 0 Å². The molecule has 2 atom stereocenters. The fourth-order valence-electron chi connectivity index (χ4n) is 2.39. The Morgan fingerprint density at radius 3 is 2.52 bits per heavy atom. The first kappa shape index (κ1) is 16.3. The van der Waals surface area contributed by atoms with Gasteiger partial charge in [-0.15, -0.1) is 0 Å². The van der Waals surface area contributed by atoms with Crippen LogP contribution >= 0.6 is 27.5 Å². The molecule has 1 heterocycles. The Kier molecular flexibility index (Phi) is 4.63. The van der Waals surface area contributed by atoms with E-state index in [0.29, 0.717) is 10.7 Å². The SMILES string of the molecule is Cc1cc(Br)c(N2C(=O)C(C(C)C)NC(=O)C2C)cc1Cl. The zero-order valence-electron chi connectivity index (χ0n) is 12.4. The van der Waals surface area contributed by atoms with E-state index >= 15 is 0 Å². The summed E-state index contributed by atoms with van der Waals surface area (Å²) >= 11 is 9.64. The van der Waals surface area contributed by atoms with Crippen LogP contribution in [-0.2, 0) is 9.59 Å². The molecule has 1 aromatic carbocycles. The van der Waals surface area contributed by atoms with Crippen LogP contribution < -0.4 is 10.2 Å². The van der Waals surface area contributed by atoms with Crippen LogP contribution in [0.1, 0.15) is 26.3 Å². The lowest BCUT2D eigenvalue weighted by atomic mass is 9.97. The second-order valence-electron chi connectivity index (χ2n) is 5.67. The van der Waals surface area contributed by atoms with Crippen LogP contribution in [0, 0.1) is 12.8 Å². The number of anilines is 1. The summed E-state index contributed by atoms with van der Waals surface area (Å²) in [5.41, 5.74) is 1.54. The average Bonchev–Trinajstić information content (AvgIpc) is 2.39. The molecular formula is C15H18BrClN2O2. The van der Waals surface area contributed by atoms with Crippen molar-refractivity contribution in [2.75, 3.05) is 4.90 Å². The van der Waals surface area contributed by atoms with Crippen molar-refractivity contribution < 1.29 is 9.59 Å². The van der Waals surface area contributed by atoms with Crippen LogP contribution in [0.15, 0.2) is 16.6 Å². The van der Waals surface area contributed by atoms with E-state index in [1.54, 1.807) is 13.0 Å². The zero-order valence-corrected chi connectivity index (χ0v) is 14.7. The van der Waals surface area contributed by atoms with E-state index in [1.165, 1.54) is 4.90 Å². The van der Waals surface area contributed by atoms with Gasteiger partial charge in [0.1, 0.15) is 12.1 Å². The van der Waals surface area contributed by atoms with Gasteiger partial charge in [0.25, 0.3) is 5.91 Å². The summed E-state index contributed by atoms with van der Waals surface area (Å²) in [7, 11) is 0. The molecular weight excluding hydrogens is 356 g/mol. The largest absolute Gasteiger partial charge is 0.342 e. The highest BCUT2D eigenvalue weighted by atomic mass is 79.9. The number of amides is 2. The monoisotopic (exact) mass is 372 g/mol. The molecule has 1 N–H and O–H groups in total. The van der Waals surface area contributed by atoms with E-state index in [1.807, 2.05) is 26.8 Å². The van der Waals surface area contributed by atoms with Crippen LogP contribution in [0.4, 0.5) is 5.69 Å². The Hall–Kier alpha value is -1.07. The van der Waals surface area contributed by atoms with E-state index in [9.17, 15) is 9.59 Å². The highest BCUT2D eigenvalue weighted by molar-refractivity contribution is 9.10. The van der Waals surface area contributed by atoms with Gasteiger partial charge in [0.05, 0.1) is 5.69 Å². The lowest BCUT2D eigenvalue weighted by Gasteiger charge is -2.39. The van der Waals surface area contributed by atoms with E-state index in [0.717, 1.165) is 10.0 Å². The topological polar surface area (TPSA) is 49.4 Å². The smallest absolute Gasteiger partial charge is 0.250 e. The molecule has 0 bridgehead atoms. The third-order valence-electron chi connectivity index (χ3n) is 3.72. The number of carbonyl (C=O) groups excluding carboxylic acids is 2. The number of aryl methyl sites for hydroxylation is 1. The minimum atomic E-state index is -0.567. The van der Waals surface area contributed by atoms with Crippen LogP contribution in [0.3, 0.4) is 0 Å². The normalized spacial score (nSPS) is 22.7. The van der Waals surface area contributed by atoms with Gasteiger partial charge in [0, 0.05) is 9.50 Å². The number of piperazine rings is 1. The summed E-state index contributed by atoms with van der Waals surface area (Å²) < 4.78 is 0.752. The molecule has 114 valence electrons. The van der Waals surface area contributed by atoms with E-state index in [4.69, 9.17) is 11.6 Å². The number of nitrogens with one attached hydrogen (secondary N) is 1. The molecule has 1 aliphatic heterocycles. The highest BCUT2D eigenvalue weighted by Gasteiger charge is 2.40. The van der Waals surface area contributed by atoms with E-state index in [-0.39, 0.29) is 17.7 Å². The Bertz CT molecular complexity index is 604. The first-order valence-corrected chi connectivity index (χ1v) is 8.00. The summed E-state index contributed by atoms with van der Waals surface area (Å²) in [5.74, 6) is -0.245. The zero-order chi connectivity index (χ0) is 15.9. The van der Waals surface area contributed by atoms with Gasteiger partial charge < -0.3 is 5.32 Å². The second-order valence-corrected chi connectivity index (χ2v) is 6.93. The van der Waals surface area contributed by atoms with Crippen LogP contribution in [0.2, 0.25) is 5.02 Å². The van der Waals surface area contributed by atoms with Gasteiger partial charge in [0.2, 0.25) is 5.91 Å². The van der Waals surface area contributed by atoms with Gasteiger partial charge >= 0.3 is 0 Å². The second kappa shape index (κ2) is 5.97. The predicted molar refractivity (Wildman–Crippen MR) is 87.6 cm³/mol. The summed E-state index contributed by atoms with van der Waals surface area (Å²) in [6.07, 6.45) is 0. The molecule has 0 radical (unpaired) electrons. The van der Waals surface area contributed by atoms with Gasteiger partial charge in [-0.2, -0.15) is 0 Å². The molecule has 1 fully saturated rings. The van der Waals surface area contributed by atoms with Gasteiger partial charge in [0.15, 0.2) is 0 Å². The Morgan fingerprint density at radius 1 is 1.33 bits per heavy atom. The van der Waals surface area contributed by atoms with Gasteiger partial charge in [-0.05, 0) is 53.4 Å². The molecule has 4 nitrogen and oxygen atoms in total. The Labute approximate surface area is 138 Å². The quantitative estimate of drug-likeness (QED) is 0.865. The van der Waals surface area contributed by atoms with Gasteiger partial charge in [-0.3, -0.25) is 14.5 Å². The van der Waals surface area contributed by atoms with E-state index < -0.39 is 12.1 Å². The van der Waals surface area contributed by atoms with Crippen molar-refractivity contribution in [1.82, 2.24) is 5.32 Å². The number of hydrogen-bond donors (Lipinski definition) is 1. The van der Waals surface area contributed by atoms with Crippen molar-refractivity contribution >= 4 is 45.0 Å². The molecule has 21 heavy (non-hydrogen) atoms. The summed E-state index contributed by atoms with van der Waals surface area (Å²) in [4.78, 5) is 26.4. The lowest BCUT2D eigenvalue weighted by molar-refractivity contribution is -0.134. The number of halogens is 2. The van der Waals surface area contributed by atoms with Crippen LogP contribution in [0.5, 0.6) is 0 Å². The molecule has 2 rings (SSSR count). The minimum Gasteiger partial charge on any atom is -0.342 e. The predicted octanol–water partition coefficient (Wildman–Crippen LogP) is 3.29. The maximum atomic E-state index is 12.7. The molecule has 2 amide bonds. The standard InChI is InChI=1S/C15H18BrClN2O2/c1-7(2)13-15(21)19(9(4)14(20)18-13)12-6-11(17)8(3)5-10(12)16/h5-7,9,13H,1-4H3,(H,18,20). The van der Waals surface area contributed by atoms with Crippen molar-refractivity contribution in [2.24, 2.45) is 5.92 Å². The lowest BCUT2D eigenvalue weighted by Crippen LogP contribution is -2.64. The molecule has 1 saturated heterocycles. The first-order valence-electron chi connectivity index (χ1n) is 6.83. The first-order chi connectivity index (χ1) is 9.73. The summed E-state index contributed by atoms with van der Waals surface area (Å²) in [6, 6.07) is 2.50. The molecule has 0 aliphatic carbocycles. The number of hydrogen-bond acceptors (Lipinski definition) is 2. The highest BCUT2D eigenvalue weighted by Crippen LogP contribution is 2.34. The fourth-order valence-corrected chi connectivity index (χ4v) is 3.20.